The van der Waals surface area contributed by atoms with Gasteiger partial charge in [-0.3, -0.25) is 4.79 Å². The SMILES string of the molecule is COC(=O)C1=C(C)NC2=C(C(=O)c3ccccc32)[C@@H]1c1ccccc1C. The molecule has 0 saturated heterocycles. The molecule has 4 rings (SSSR count). The minimum Gasteiger partial charge on any atom is -0.466 e. The number of ketones is 1. The van der Waals surface area contributed by atoms with E-state index >= 15 is 0 Å². The maximum atomic E-state index is 13.2. The highest BCUT2D eigenvalue weighted by Gasteiger charge is 2.43. The van der Waals surface area contributed by atoms with E-state index in [0.29, 0.717) is 22.4 Å². The number of fused-ring (bicyclic) bond motifs is 2. The first-order valence-electron chi connectivity index (χ1n) is 8.54. The summed E-state index contributed by atoms with van der Waals surface area (Å²) in [7, 11) is 1.37. The van der Waals surface area contributed by atoms with Crippen LogP contribution >= 0.6 is 0 Å². The van der Waals surface area contributed by atoms with Gasteiger partial charge in [-0.2, -0.15) is 0 Å². The van der Waals surface area contributed by atoms with Crippen molar-refractivity contribution in [2.75, 3.05) is 7.11 Å². The summed E-state index contributed by atoms with van der Waals surface area (Å²) in [5, 5.41) is 3.29. The van der Waals surface area contributed by atoms with Crippen molar-refractivity contribution >= 4 is 17.4 Å². The fourth-order valence-corrected chi connectivity index (χ4v) is 3.93. The highest BCUT2D eigenvalue weighted by molar-refractivity contribution is 6.23. The van der Waals surface area contributed by atoms with Crippen molar-refractivity contribution in [2.45, 2.75) is 19.8 Å². The zero-order valence-corrected chi connectivity index (χ0v) is 14.9. The van der Waals surface area contributed by atoms with Crippen LogP contribution in [-0.2, 0) is 9.53 Å². The first kappa shape index (κ1) is 16.3. The van der Waals surface area contributed by atoms with Crippen molar-refractivity contribution in [3.63, 3.8) is 0 Å². The van der Waals surface area contributed by atoms with Crippen LogP contribution in [0.1, 0.15) is 39.9 Å². The molecule has 2 aliphatic rings. The van der Waals surface area contributed by atoms with Crippen LogP contribution in [0, 0.1) is 6.92 Å². The van der Waals surface area contributed by atoms with Crippen molar-refractivity contribution in [1.82, 2.24) is 5.32 Å². The lowest BCUT2D eigenvalue weighted by Gasteiger charge is -2.29. The number of nitrogens with one attached hydrogen (secondary N) is 1. The number of esters is 1. The minimum atomic E-state index is -0.445. The largest absolute Gasteiger partial charge is 0.466 e. The van der Waals surface area contributed by atoms with Crippen LogP contribution in [0.25, 0.3) is 5.70 Å². The van der Waals surface area contributed by atoms with Gasteiger partial charge in [-0.15, -0.1) is 0 Å². The number of ether oxygens (including phenoxy) is 1. The minimum absolute atomic E-state index is 0.0368. The smallest absolute Gasteiger partial charge is 0.336 e. The molecule has 1 aliphatic heterocycles. The van der Waals surface area contributed by atoms with Gasteiger partial charge in [-0.05, 0) is 25.0 Å². The molecule has 0 fully saturated rings. The lowest BCUT2D eigenvalue weighted by atomic mass is 9.78. The fourth-order valence-electron chi connectivity index (χ4n) is 3.93. The molecule has 130 valence electrons. The molecule has 2 aromatic carbocycles. The Morgan fingerprint density at radius 2 is 1.65 bits per heavy atom. The van der Waals surface area contributed by atoms with Crippen LogP contribution in [0.15, 0.2) is 65.4 Å². The highest BCUT2D eigenvalue weighted by Crippen LogP contribution is 2.47. The number of carbonyl (C=O) groups excluding carboxylic acids is 2. The molecular weight excluding hydrogens is 326 g/mol. The number of dihydropyridines is 1. The lowest BCUT2D eigenvalue weighted by Crippen LogP contribution is -2.29. The third-order valence-electron chi connectivity index (χ3n) is 5.15. The van der Waals surface area contributed by atoms with Gasteiger partial charge in [-0.1, -0.05) is 48.5 Å². The van der Waals surface area contributed by atoms with Gasteiger partial charge < -0.3 is 10.1 Å². The van der Waals surface area contributed by atoms with Crippen LogP contribution < -0.4 is 5.32 Å². The number of Topliss-reactive ketones (excluding diaryl/α,β-unsaturated/α-hetero) is 1. The Kier molecular flexibility index (Phi) is 3.76. The predicted molar refractivity (Wildman–Crippen MR) is 99.5 cm³/mol. The monoisotopic (exact) mass is 345 g/mol. The van der Waals surface area contributed by atoms with E-state index in [1.54, 1.807) is 0 Å². The Hall–Kier alpha value is -3.14. The molecule has 1 N–H and O–H groups in total. The number of allylic oxidation sites excluding steroid dienone is 2. The molecule has 0 unspecified atom stereocenters. The fraction of sp³-hybridized carbons (Fsp3) is 0.182. The van der Waals surface area contributed by atoms with Gasteiger partial charge in [0, 0.05) is 28.3 Å². The number of hydrogen-bond donors (Lipinski definition) is 1. The lowest BCUT2D eigenvalue weighted by molar-refractivity contribution is -0.136. The van der Waals surface area contributed by atoms with Gasteiger partial charge in [-0.25, -0.2) is 4.79 Å². The van der Waals surface area contributed by atoms with E-state index in [1.165, 1.54) is 7.11 Å². The summed E-state index contributed by atoms with van der Waals surface area (Å²) >= 11 is 0. The molecule has 1 heterocycles. The van der Waals surface area contributed by atoms with Crippen LogP contribution in [0.4, 0.5) is 0 Å². The Labute approximate surface area is 152 Å². The molecule has 4 heteroatoms. The van der Waals surface area contributed by atoms with E-state index in [0.717, 1.165) is 22.4 Å². The molecule has 0 spiro atoms. The van der Waals surface area contributed by atoms with Crippen molar-refractivity contribution in [3.8, 4) is 0 Å². The van der Waals surface area contributed by atoms with Gasteiger partial charge in [0.05, 0.1) is 18.4 Å². The number of benzene rings is 2. The van der Waals surface area contributed by atoms with Gasteiger partial charge in [0.15, 0.2) is 5.78 Å². The molecule has 2 aromatic rings. The topological polar surface area (TPSA) is 55.4 Å². The summed E-state index contributed by atoms with van der Waals surface area (Å²) < 4.78 is 5.04. The molecule has 0 aromatic heterocycles. The molecule has 0 bridgehead atoms. The number of carbonyl (C=O) groups is 2. The molecule has 1 atom stereocenters. The van der Waals surface area contributed by atoms with E-state index in [9.17, 15) is 9.59 Å². The molecule has 26 heavy (non-hydrogen) atoms. The normalized spacial score (nSPS) is 18.4. The second-order valence-electron chi connectivity index (χ2n) is 6.61. The number of hydrogen-bond acceptors (Lipinski definition) is 4. The van der Waals surface area contributed by atoms with Gasteiger partial charge >= 0.3 is 5.97 Å². The van der Waals surface area contributed by atoms with Crippen LogP contribution in [-0.4, -0.2) is 18.9 Å². The molecular formula is C22H19NO3. The average Bonchev–Trinajstić information content (AvgIpc) is 2.93. The number of rotatable bonds is 2. The first-order chi connectivity index (χ1) is 12.5. The Morgan fingerprint density at radius 3 is 2.35 bits per heavy atom. The van der Waals surface area contributed by atoms with E-state index in [-0.39, 0.29) is 5.78 Å². The van der Waals surface area contributed by atoms with Crippen molar-refractivity contribution in [2.24, 2.45) is 0 Å². The second kappa shape index (κ2) is 5.99. The molecule has 0 amide bonds. The Bertz CT molecular complexity index is 1010. The van der Waals surface area contributed by atoms with Crippen LogP contribution in [0.2, 0.25) is 0 Å². The summed E-state index contributed by atoms with van der Waals surface area (Å²) in [6.07, 6.45) is 0. The van der Waals surface area contributed by atoms with Crippen molar-refractivity contribution in [3.05, 3.63) is 87.6 Å². The molecule has 0 radical (unpaired) electrons. The zero-order valence-electron chi connectivity index (χ0n) is 14.9. The van der Waals surface area contributed by atoms with Crippen LogP contribution in [0.3, 0.4) is 0 Å². The Balaban J connectivity index is 1.99. The maximum Gasteiger partial charge on any atom is 0.336 e. The van der Waals surface area contributed by atoms with Crippen molar-refractivity contribution < 1.29 is 14.3 Å². The second-order valence-corrected chi connectivity index (χ2v) is 6.61. The first-order valence-corrected chi connectivity index (χ1v) is 8.54. The summed E-state index contributed by atoms with van der Waals surface area (Å²) in [6.45, 7) is 3.85. The van der Waals surface area contributed by atoms with Gasteiger partial charge in [0.2, 0.25) is 0 Å². The summed E-state index contributed by atoms with van der Waals surface area (Å²) in [5.41, 5.74) is 6.15. The molecule has 0 saturated carbocycles. The highest BCUT2D eigenvalue weighted by atomic mass is 16.5. The zero-order chi connectivity index (χ0) is 18.4. The van der Waals surface area contributed by atoms with Crippen LogP contribution in [0.5, 0.6) is 0 Å². The predicted octanol–water partition coefficient (Wildman–Crippen LogP) is 3.74. The third-order valence-corrected chi connectivity index (χ3v) is 5.15. The average molecular weight is 345 g/mol. The van der Waals surface area contributed by atoms with E-state index < -0.39 is 11.9 Å². The number of aryl methyl sites for hydroxylation is 1. The quantitative estimate of drug-likeness (QED) is 0.843. The van der Waals surface area contributed by atoms with Gasteiger partial charge in [0.25, 0.3) is 0 Å². The van der Waals surface area contributed by atoms with E-state index in [4.69, 9.17) is 4.74 Å². The standard InChI is InChI=1S/C22H19NO3/c1-12-8-4-5-9-14(12)18-17(22(25)26-3)13(2)23-20-15-10-6-7-11-16(15)21(24)19(18)20/h4-11,18,23H,1-3H3/t18-/m1/s1. The van der Waals surface area contributed by atoms with Gasteiger partial charge in [0.1, 0.15) is 0 Å². The Morgan fingerprint density at radius 1 is 1.00 bits per heavy atom. The molecule has 1 aliphatic carbocycles. The van der Waals surface area contributed by atoms with E-state index in [2.05, 4.69) is 5.32 Å². The third kappa shape index (κ3) is 2.22. The van der Waals surface area contributed by atoms with Crippen molar-refractivity contribution in [1.29, 1.82) is 0 Å². The summed E-state index contributed by atoms with van der Waals surface area (Å²) in [5.74, 6) is -0.899. The van der Waals surface area contributed by atoms with E-state index in [1.807, 2.05) is 62.4 Å². The summed E-state index contributed by atoms with van der Waals surface area (Å²) in [4.78, 5) is 25.8. The molecule has 4 nitrogen and oxygen atoms in total. The summed E-state index contributed by atoms with van der Waals surface area (Å²) in [6, 6.07) is 15.4. The maximum absolute atomic E-state index is 13.2. The number of methoxy groups -OCH3 is 1.